The molecular weight excluding hydrogens is 486 g/mol. The maximum Gasteiger partial charge on any atom is 0.225 e. The van der Waals surface area contributed by atoms with Crippen molar-refractivity contribution in [2.24, 2.45) is 0 Å². The number of ether oxygens (including phenoxy) is 3. The molecule has 1 atom stereocenters. The smallest absolute Gasteiger partial charge is 0.225 e. The van der Waals surface area contributed by atoms with Crippen molar-refractivity contribution >= 4 is 23.4 Å². The average molecular weight is 520 g/mol. The maximum absolute atomic E-state index is 13.2. The fourth-order valence-electron chi connectivity index (χ4n) is 4.56. The zero-order valence-corrected chi connectivity index (χ0v) is 21.9. The van der Waals surface area contributed by atoms with Crippen LogP contribution in [0.5, 0.6) is 5.75 Å². The second-order valence-corrected chi connectivity index (χ2v) is 9.80. The lowest BCUT2D eigenvalue weighted by atomic mass is 9.96. The average Bonchev–Trinajstić information content (AvgIpc) is 3.20. The molecule has 4 rings (SSSR count). The summed E-state index contributed by atoms with van der Waals surface area (Å²) in [5.41, 5.74) is -0.0658. The maximum atomic E-state index is 13.2. The van der Waals surface area contributed by atoms with E-state index < -0.39 is 5.60 Å². The van der Waals surface area contributed by atoms with Crippen LogP contribution in [-0.4, -0.2) is 94.6 Å². The zero-order chi connectivity index (χ0) is 25.7. The van der Waals surface area contributed by atoms with Gasteiger partial charge < -0.3 is 24.0 Å². The Labute approximate surface area is 216 Å². The van der Waals surface area contributed by atoms with Gasteiger partial charge in [-0.15, -0.1) is 0 Å². The largest absolute Gasteiger partial charge is 0.490 e. The van der Waals surface area contributed by atoms with Crippen LogP contribution in [0.2, 0.25) is 5.02 Å². The van der Waals surface area contributed by atoms with Crippen LogP contribution in [0.3, 0.4) is 0 Å². The molecular formula is C25H34ClN5O5. The number of amides is 2. The van der Waals surface area contributed by atoms with Gasteiger partial charge in [0.2, 0.25) is 11.8 Å². The van der Waals surface area contributed by atoms with Crippen LogP contribution >= 0.6 is 11.6 Å². The summed E-state index contributed by atoms with van der Waals surface area (Å²) in [5, 5.41) is 5.00. The number of nitrogens with zero attached hydrogens (tertiary/aromatic N) is 5. The Morgan fingerprint density at radius 2 is 1.83 bits per heavy atom. The molecule has 2 aromatic rings. The third kappa shape index (κ3) is 6.54. The molecule has 1 aromatic carbocycles. The first-order valence-corrected chi connectivity index (χ1v) is 12.7. The number of halogens is 1. The first-order chi connectivity index (χ1) is 17.2. The Morgan fingerprint density at radius 1 is 1.08 bits per heavy atom. The highest BCUT2D eigenvalue weighted by Gasteiger charge is 2.42. The summed E-state index contributed by atoms with van der Waals surface area (Å²) in [7, 11) is 0. The van der Waals surface area contributed by atoms with Gasteiger partial charge in [-0.3, -0.25) is 9.59 Å². The number of hydrogen-bond donors (Lipinski definition) is 0. The molecule has 0 bridgehead atoms. The minimum atomic E-state index is -0.962. The Kier molecular flexibility index (Phi) is 8.48. The van der Waals surface area contributed by atoms with Gasteiger partial charge in [-0.2, -0.15) is 5.10 Å². The van der Waals surface area contributed by atoms with E-state index in [9.17, 15) is 9.59 Å². The molecule has 2 amide bonds. The minimum absolute atomic E-state index is 0.0172. The third-order valence-corrected chi connectivity index (χ3v) is 6.99. The van der Waals surface area contributed by atoms with Crippen molar-refractivity contribution in [3.8, 4) is 5.75 Å². The summed E-state index contributed by atoms with van der Waals surface area (Å²) in [6, 6.07) is 5.43. The molecule has 0 radical (unpaired) electrons. The summed E-state index contributed by atoms with van der Waals surface area (Å²) < 4.78 is 19.5. The molecule has 2 saturated heterocycles. The Morgan fingerprint density at radius 3 is 2.53 bits per heavy atom. The van der Waals surface area contributed by atoms with Crippen molar-refractivity contribution < 1.29 is 23.8 Å². The molecule has 11 heteroatoms. The number of aryl methyl sites for hydroxylation is 4. The number of morpholine rings is 2. The summed E-state index contributed by atoms with van der Waals surface area (Å²) in [5.74, 6) is 2.05. The first-order valence-electron chi connectivity index (χ1n) is 12.3. The highest BCUT2D eigenvalue weighted by atomic mass is 35.5. The van der Waals surface area contributed by atoms with Gasteiger partial charge >= 0.3 is 0 Å². The Bertz CT molecular complexity index is 1090. The van der Waals surface area contributed by atoms with Crippen LogP contribution in [0.15, 0.2) is 18.2 Å². The van der Waals surface area contributed by atoms with Crippen LogP contribution in [0.4, 0.5) is 0 Å². The summed E-state index contributed by atoms with van der Waals surface area (Å²) in [6.45, 7) is 9.38. The SMILES string of the molecule is Cc1nc(C)n(CCC(=O)N2CCO[C@@](COc3ccc(Cl)c(C)c3)(CC(=O)N3CCOCC3)C2)n1. The summed E-state index contributed by atoms with van der Waals surface area (Å²) >= 11 is 6.16. The topological polar surface area (TPSA) is 99.0 Å². The number of benzene rings is 1. The van der Waals surface area contributed by atoms with Crippen molar-refractivity contribution in [1.82, 2.24) is 24.6 Å². The van der Waals surface area contributed by atoms with Crippen molar-refractivity contribution in [3.63, 3.8) is 0 Å². The van der Waals surface area contributed by atoms with Gasteiger partial charge in [0, 0.05) is 31.1 Å². The van der Waals surface area contributed by atoms with E-state index in [1.165, 1.54) is 0 Å². The lowest BCUT2D eigenvalue weighted by molar-refractivity contribution is -0.167. The molecule has 2 aliphatic heterocycles. The quantitative estimate of drug-likeness (QED) is 0.527. The van der Waals surface area contributed by atoms with E-state index in [1.54, 1.807) is 26.6 Å². The van der Waals surface area contributed by atoms with Crippen LogP contribution in [-0.2, 0) is 25.6 Å². The van der Waals surface area contributed by atoms with E-state index in [0.29, 0.717) is 62.6 Å². The molecule has 196 valence electrons. The monoisotopic (exact) mass is 519 g/mol. The highest BCUT2D eigenvalue weighted by Crippen LogP contribution is 2.28. The molecule has 0 unspecified atom stereocenters. The van der Waals surface area contributed by atoms with Gasteiger partial charge in [-0.1, -0.05) is 11.6 Å². The van der Waals surface area contributed by atoms with Crippen molar-refractivity contribution in [1.29, 1.82) is 0 Å². The molecule has 0 spiro atoms. The zero-order valence-electron chi connectivity index (χ0n) is 21.2. The predicted octanol–water partition coefficient (Wildman–Crippen LogP) is 2.17. The van der Waals surface area contributed by atoms with Crippen LogP contribution < -0.4 is 4.74 Å². The molecule has 36 heavy (non-hydrogen) atoms. The van der Waals surface area contributed by atoms with Crippen molar-refractivity contribution in [2.45, 2.75) is 45.8 Å². The van der Waals surface area contributed by atoms with E-state index >= 15 is 0 Å². The molecule has 0 saturated carbocycles. The van der Waals surface area contributed by atoms with E-state index in [-0.39, 0.29) is 37.8 Å². The van der Waals surface area contributed by atoms with Crippen LogP contribution in [0.25, 0.3) is 0 Å². The summed E-state index contributed by atoms with van der Waals surface area (Å²) in [6.07, 6.45) is 0.402. The van der Waals surface area contributed by atoms with Gasteiger partial charge in [0.15, 0.2) is 0 Å². The fraction of sp³-hybridized carbons (Fsp3) is 0.600. The molecule has 2 fully saturated rings. The van der Waals surface area contributed by atoms with E-state index in [2.05, 4.69) is 10.1 Å². The van der Waals surface area contributed by atoms with Crippen LogP contribution in [0, 0.1) is 20.8 Å². The fourth-order valence-corrected chi connectivity index (χ4v) is 4.68. The van der Waals surface area contributed by atoms with E-state index in [0.717, 1.165) is 11.4 Å². The second-order valence-electron chi connectivity index (χ2n) is 9.40. The normalized spacial score (nSPS) is 20.4. The lowest BCUT2D eigenvalue weighted by Gasteiger charge is -2.43. The molecule has 0 aliphatic carbocycles. The number of aromatic nitrogens is 3. The Balaban J connectivity index is 1.46. The van der Waals surface area contributed by atoms with Gasteiger partial charge in [0.25, 0.3) is 0 Å². The lowest BCUT2D eigenvalue weighted by Crippen LogP contribution is -2.58. The number of carbonyl (C=O) groups is 2. The van der Waals surface area contributed by atoms with Gasteiger partial charge in [-0.05, 0) is 44.5 Å². The number of carbonyl (C=O) groups excluding carboxylic acids is 2. The molecule has 10 nitrogen and oxygen atoms in total. The molecule has 0 N–H and O–H groups in total. The molecule has 3 heterocycles. The standard InChI is InChI=1S/C25H34ClN5O5/c1-18-14-21(4-5-22(18)26)35-17-25(15-24(33)29-8-11-34-12-9-29)16-30(10-13-36-25)23(32)6-7-31-20(3)27-19(2)28-31/h4-5,14H,6-13,15-17H2,1-3H3/t25-/m0/s1. The van der Waals surface area contributed by atoms with E-state index in [4.69, 9.17) is 25.8 Å². The van der Waals surface area contributed by atoms with Gasteiger partial charge in [0.1, 0.15) is 29.6 Å². The highest BCUT2D eigenvalue weighted by molar-refractivity contribution is 6.31. The molecule has 1 aromatic heterocycles. The molecule has 2 aliphatic rings. The third-order valence-electron chi connectivity index (χ3n) is 6.57. The summed E-state index contributed by atoms with van der Waals surface area (Å²) in [4.78, 5) is 34.2. The van der Waals surface area contributed by atoms with Gasteiger partial charge in [-0.25, -0.2) is 9.67 Å². The van der Waals surface area contributed by atoms with Crippen LogP contribution in [0.1, 0.15) is 30.1 Å². The predicted molar refractivity (Wildman–Crippen MR) is 133 cm³/mol. The van der Waals surface area contributed by atoms with Crippen molar-refractivity contribution in [3.05, 3.63) is 40.4 Å². The number of hydrogen-bond acceptors (Lipinski definition) is 7. The van der Waals surface area contributed by atoms with Gasteiger partial charge in [0.05, 0.1) is 39.3 Å². The first kappa shape index (κ1) is 26.4. The van der Waals surface area contributed by atoms with E-state index in [1.807, 2.05) is 26.8 Å². The Hall–Kier alpha value is -2.69. The number of rotatable bonds is 8. The second kappa shape index (κ2) is 11.6. The van der Waals surface area contributed by atoms with Crippen molar-refractivity contribution in [2.75, 3.05) is 52.6 Å². The minimum Gasteiger partial charge on any atom is -0.490 e.